The van der Waals surface area contributed by atoms with Crippen LogP contribution in [0.5, 0.6) is 0 Å². The number of carbonyl (C=O) groups is 2. The van der Waals surface area contributed by atoms with Crippen LogP contribution in [0, 0.1) is 28.6 Å². The Labute approximate surface area is 188 Å². The van der Waals surface area contributed by atoms with E-state index < -0.39 is 47.6 Å². The molecular weight excluding hydrogens is 412 g/mol. The number of rotatable bonds is 4. The van der Waals surface area contributed by atoms with Gasteiger partial charge >= 0.3 is 0 Å². The Hall–Kier alpha value is -1.38. The maximum Gasteiger partial charge on any atom is 0.193 e. The van der Waals surface area contributed by atoms with Gasteiger partial charge in [-0.3, -0.25) is 9.59 Å². The van der Waals surface area contributed by atoms with Gasteiger partial charge in [0.25, 0.3) is 0 Å². The van der Waals surface area contributed by atoms with Gasteiger partial charge in [0.15, 0.2) is 23.5 Å². The molecule has 3 saturated carbocycles. The van der Waals surface area contributed by atoms with E-state index in [1.165, 1.54) is 12.2 Å². The fourth-order valence-corrected chi connectivity index (χ4v) is 8.18. The lowest BCUT2D eigenvalue weighted by atomic mass is 9.45. The number of carbonyl (C=O) groups excluding carboxylic acids is 2. The quantitative estimate of drug-likeness (QED) is 0.602. The molecule has 0 aromatic carbocycles. The van der Waals surface area contributed by atoms with Crippen molar-refractivity contribution in [3.05, 3.63) is 23.8 Å². The van der Waals surface area contributed by atoms with E-state index in [1.807, 2.05) is 26.8 Å². The molecule has 32 heavy (non-hydrogen) atoms. The maximum atomic E-state index is 13.2. The molecule has 4 fully saturated rings. The van der Waals surface area contributed by atoms with Crippen LogP contribution in [-0.4, -0.2) is 63.7 Å². The molecule has 4 aliphatic carbocycles. The van der Waals surface area contributed by atoms with Gasteiger partial charge in [-0.2, -0.15) is 0 Å². The zero-order chi connectivity index (χ0) is 23.1. The Kier molecular flexibility index (Phi) is 5.12. The molecule has 5 aliphatic rings. The van der Waals surface area contributed by atoms with Crippen LogP contribution in [0.15, 0.2) is 23.8 Å². The Morgan fingerprint density at radius 1 is 1.25 bits per heavy atom. The zero-order valence-corrected chi connectivity index (χ0v) is 19.0. The van der Waals surface area contributed by atoms with Gasteiger partial charge in [-0.1, -0.05) is 33.3 Å². The molecule has 176 valence electrons. The van der Waals surface area contributed by atoms with Crippen LogP contribution in [-0.2, 0) is 19.1 Å². The second kappa shape index (κ2) is 7.31. The van der Waals surface area contributed by atoms with Crippen molar-refractivity contribution < 1.29 is 34.4 Å². The summed E-state index contributed by atoms with van der Waals surface area (Å²) < 4.78 is 12.6. The van der Waals surface area contributed by atoms with Crippen molar-refractivity contribution in [1.82, 2.24) is 0 Å². The first-order valence-electron chi connectivity index (χ1n) is 11.9. The molecule has 0 aromatic heterocycles. The highest BCUT2D eigenvalue weighted by molar-refractivity contribution is 6.01. The van der Waals surface area contributed by atoms with Crippen LogP contribution in [0.3, 0.4) is 0 Å². The van der Waals surface area contributed by atoms with E-state index >= 15 is 0 Å². The molecule has 5 rings (SSSR count). The molecule has 0 spiro atoms. The fourth-order valence-electron chi connectivity index (χ4n) is 8.18. The molecule has 1 heterocycles. The summed E-state index contributed by atoms with van der Waals surface area (Å²) in [5.41, 5.74) is -1.98. The van der Waals surface area contributed by atoms with E-state index in [0.29, 0.717) is 31.3 Å². The molecule has 10 atom stereocenters. The molecule has 0 bridgehead atoms. The van der Waals surface area contributed by atoms with E-state index in [0.717, 1.165) is 6.42 Å². The van der Waals surface area contributed by atoms with Gasteiger partial charge in [-0.05, 0) is 55.2 Å². The SMILES string of the molecule is CCCC1O[C@@H]2CC3C4C[C@@H](O)C5=CC(=O)C=C[C@]5(C)C4C(O)C[C@]3(C)[C@]2(C(=O)CO)O1. The summed E-state index contributed by atoms with van der Waals surface area (Å²) in [4.78, 5) is 25.3. The van der Waals surface area contributed by atoms with Gasteiger partial charge < -0.3 is 24.8 Å². The van der Waals surface area contributed by atoms with Crippen LogP contribution in [0.1, 0.15) is 52.9 Å². The second-order valence-electron chi connectivity index (χ2n) is 10.9. The van der Waals surface area contributed by atoms with Gasteiger partial charge in [0.2, 0.25) is 0 Å². The number of ether oxygens (including phenoxy) is 2. The van der Waals surface area contributed by atoms with E-state index in [9.17, 15) is 24.9 Å². The number of hydrogen-bond donors (Lipinski definition) is 3. The number of ketones is 2. The third-order valence-corrected chi connectivity index (χ3v) is 9.39. The molecule has 7 nitrogen and oxygen atoms in total. The first-order valence-corrected chi connectivity index (χ1v) is 11.9. The van der Waals surface area contributed by atoms with Crippen molar-refractivity contribution in [2.45, 2.75) is 83.1 Å². The van der Waals surface area contributed by atoms with E-state index in [2.05, 4.69) is 0 Å². The minimum absolute atomic E-state index is 0.0296. The molecule has 1 aliphatic heterocycles. The van der Waals surface area contributed by atoms with E-state index in [4.69, 9.17) is 9.47 Å². The summed E-state index contributed by atoms with van der Waals surface area (Å²) >= 11 is 0. The van der Waals surface area contributed by atoms with Crippen molar-refractivity contribution in [1.29, 1.82) is 0 Å². The number of aliphatic hydroxyl groups excluding tert-OH is 3. The first-order chi connectivity index (χ1) is 15.1. The van der Waals surface area contributed by atoms with Crippen LogP contribution < -0.4 is 0 Å². The summed E-state index contributed by atoms with van der Waals surface area (Å²) in [5.74, 6) is -0.825. The van der Waals surface area contributed by atoms with E-state index in [-0.39, 0.29) is 29.3 Å². The van der Waals surface area contributed by atoms with E-state index in [1.54, 1.807) is 0 Å². The van der Waals surface area contributed by atoms with Crippen molar-refractivity contribution in [2.75, 3.05) is 6.61 Å². The lowest BCUT2D eigenvalue weighted by Gasteiger charge is -2.60. The van der Waals surface area contributed by atoms with Crippen LogP contribution in [0.25, 0.3) is 0 Å². The highest BCUT2D eigenvalue weighted by Crippen LogP contribution is 2.69. The fraction of sp³-hybridized carbons (Fsp3) is 0.760. The van der Waals surface area contributed by atoms with Crippen LogP contribution >= 0.6 is 0 Å². The Balaban J connectivity index is 1.58. The van der Waals surface area contributed by atoms with Gasteiger partial charge in [-0.15, -0.1) is 0 Å². The van der Waals surface area contributed by atoms with Crippen LogP contribution in [0.2, 0.25) is 0 Å². The minimum Gasteiger partial charge on any atom is -0.393 e. The second-order valence-corrected chi connectivity index (χ2v) is 10.9. The first kappa shape index (κ1) is 22.4. The summed E-state index contributed by atoms with van der Waals surface area (Å²) in [5, 5.41) is 32.5. The van der Waals surface area contributed by atoms with Gasteiger partial charge in [0.1, 0.15) is 6.61 Å². The third kappa shape index (κ3) is 2.66. The van der Waals surface area contributed by atoms with Gasteiger partial charge in [0.05, 0.1) is 18.3 Å². The molecule has 1 saturated heterocycles. The Morgan fingerprint density at radius 3 is 2.69 bits per heavy atom. The molecule has 7 heteroatoms. The summed E-state index contributed by atoms with van der Waals surface area (Å²) in [6, 6.07) is 0. The standard InChI is InChI=1S/C25H34O7/c1-4-5-21-31-20-10-15-14-9-17(28)16-8-13(27)6-7-23(16,2)22(14)18(29)11-24(15,3)25(20,32-21)19(30)12-26/h6-8,14-15,17-18,20-22,26,28-29H,4-5,9-12H2,1-3H3/t14?,15?,17-,18?,20-,21?,22?,23+,24+,25-/m1/s1. The van der Waals surface area contributed by atoms with Gasteiger partial charge in [0, 0.05) is 16.7 Å². The highest BCUT2D eigenvalue weighted by atomic mass is 16.7. The Morgan fingerprint density at radius 2 is 2.00 bits per heavy atom. The highest BCUT2D eigenvalue weighted by Gasteiger charge is 2.76. The number of fused-ring (bicyclic) bond motifs is 7. The number of hydrogen-bond acceptors (Lipinski definition) is 7. The normalized spacial score (nSPS) is 51.5. The average molecular weight is 447 g/mol. The molecule has 0 amide bonds. The minimum atomic E-state index is -1.29. The van der Waals surface area contributed by atoms with Gasteiger partial charge in [-0.25, -0.2) is 0 Å². The summed E-state index contributed by atoms with van der Waals surface area (Å²) in [6.07, 6.45) is 5.21. The van der Waals surface area contributed by atoms with Crippen LogP contribution in [0.4, 0.5) is 0 Å². The molecule has 0 aromatic rings. The lowest BCUT2D eigenvalue weighted by Crippen LogP contribution is -2.64. The monoisotopic (exact) mass is 446 g/mol. The average Bonchev–Trinajstić information content (AvgIpc) is 3.21. The van der Waals surface area contributed by atoms with Crippen molar-refractivity contribution in [2.24, 2.45) is 28.6 Å². The van der Waals surface area contributed by atoms with Crippen molar-refractivity contribution in [3.8, 4) is 0 Å². The molecule has 0 radical (unpaired) electrons. The predicted molar refractivity (Wildman–Crippen MR) is 114 cm³/mol. The number of aliphatic hydroxyl groups is 3. The number of allylic oxidation sites excluding steroid dienone is 3. The zero-order valence-electron chi connectivity index (χ0n) is 19.0. The summed E-state index contributed by atoms with van der Waals surface area (Å²) in [7, 11) is 0. The Bertz CT molecular complexity index is 895. The molecule has 5 unspecified atom stereocenters. The predicted octanol–water partition coefficient (Wildman–Crippen LogP) is 1.69. The largest absolute Gasteiger partial charge is 0.393 e. The lowest BCUT2D eigenvalue weighted by molar-refractivity contribution is -0.203. The smallest absolute Gasteiger partial charge is 0.193 e. The summed E-state index contributed by atoms with van der Waals surface area (Å²) in [6.45, 7) is 5.37. The number of Topliss-reactive ketones (excluding diaryl/α,β-unsaturated/α-hetero) is 1. The molecular formula is C25H34O7. The van der Waals surface area contributed by atoms with Crippen molar-refractivity contribution >= 4 is 11.6 Å². The maximum absolute atomic E-state index is 13.2. The van der Waals surface area contributed by atoms with Crippen molar-refractivity contribution in [3.63, 3.8) is 0 Å². The topological polar surface area (TPSA) is 113 Å². The molecule has 3 N–H and O–H groups in total. The third-order valence-electron chi connectivity index (χ3n) is 9.39.